The maximum Gasteiger partial charge on any atom is 0.315 e. The van der Waals surface area contributed by atoms with E-state index in [0.29, 0.717) is 36.5 Å². The number of rotatable bonds is 7. The molecule has 0 radical (unpaired) electrons. The van der Waals surface area contributed by atoms with Crippen LogP contribution in [-0.2, 0) is 9.53 Å². The third kappa shape index (κ3) is 5.85. The van der Waals surface area contributed by atoms with E-state index in [-0.39, 0.29) is 6.03 Å². The number of ether oxygens (including phenoxy) is 1. The number of nitrogens with zero attached hydrogens (tertiary/aromatic N) is 2. The molecule has 1 atom stereocenters. The van der Waals surface area contributed by atoms with Crippen molar-refractivity contribution in [2.45, 2.75) is 82.3 Å². The van der Waals surface area contributed by atoms with Crippen molar-refractivity contribution in [3.05, 3.63) is 0 Å². The smallest absolute Gasteiger partial charge is 0.315 e. The van der Waals surface area contributed by atoms with E-state index in [1.54, 1.807) is 0 Å². The Bertz CT molecular complexity index is 556. The molecular formula is C22H38N4O3. The lowest BCUT2D eigenvalue weighted by molar-refractivity contribution is -0.135. The minimum atomic E-state index is -0.0296. The lowest BCUT2D eigenvalue weighted by atomic mass is 9.98. The Kier molecular flexibility index (Phi) is 7.29. The minimum absolute atomic E-state index is 0.0296. The van der Waals surface area contributed by atoms with E-state index in [2.05, 4.69) is 20.4 Å². The topological polar surface area (TPSA) is 73.9 Å². The van der Waals surface area contributed by atoms with Crippen LogP contribution >= 0.6 is 0 Å². The number of likely N-dealkylation sites (tertiary alicyclic amines) is 1. The summed E-state index contributed by atoms with van der Waals surface area (Å²) < 4.78 is 5.58. The van der Waals surface area contributed by atoms with Crippen molar-refractivity contribution in [3.8, 4) is 0 Å². The first-order valence-electron chi connectivity index (χ1n) is 11.9. The van der Waals surface area contributed by atoms with Gasteiger partial charge in [-0.2, -0.15) is 0 Å². The Morgan fingerprint density at radius 3 is 2.41 bits per heavy atom. The predicted octanol–water partition coefficient (Wildman–Crippen LogP) is 2.11. The van der Waals surface area contributed by atoms with Crippen LogP contribution in [-0.4, -0.2) is 79.3 Å². The fourth-order valence-corrected chi connectivity index (χ4v) is 5.30. The van der Waals surface area contributed by atoms with Crippen molar-refractivity contribution in [2.75, 3.05) is 39.4 Å². The van der Waals surface area contributed by atoms with Crippen molar-refractivity contribution in [1.82, 2.24) is 20.4 Å². The molecule has 164 valence electrons. The molecule has 2 N–H and O–H groups in total. The van der Waals surface area contributed by atoms with Gasteiger partial charge < -0.3 is 20.3 Å². The quantitative estimate of drug-likeness (QED) is 0.679. The van der Waals surface area contributed by atoms with Gasteiger partial charge in [0.2, 0.25) is 5.91 Å². The van der Waals surface area contributed by atoms with Crippen molar-refractivity contribution in [2.24, 2.45) is 5.92 Å². The van der Waals surface area contributed by atoms with Gasteiger partial charge in [0.05, 0.1) is 0 Å². The molecule has 7 nitrogen and oxygen atoms in total. The van der Waals surface area contributed by atoms with E-state index >= 15 is 0 Å². The number of carbonyl (C=O) groups excluding carboxylic acids is 2. The summed E-state index contributed by atoms with van der Waals surface area (Å²) in [5.41, 5.74) is 0. The van der Waals surface area contributed by atoms with E-state index < -0.39 is 0 Å². The Morgan fingerprint density at radius 2 is 1.69 bits per heavy atom. The average Bonchev–Trinajstić information content (AvgIpc) is 3.48. The second kappa shape index (κ2) is 10.1. The van der Waals surface area contributed by atoms with Crippen LogP contribution in [0.15, 0.2) is 0 Å². The molecule has 1 unspecified atom stereocenters. The van der Waals surface area contributed by atoms with Crippen LogP contribution in [0.2, 0.25) is 0 Å². The summed E-state index contributed by atoms with van der Waals surface area (Å²) in [4.78, 5) is 29.5. The minimum Gasteiger partial charge on any atom is -0.381 e. The molecule has 4 aliphatic rings. The SMILES string of the molecule is O=C(NCCN(C1CCOCC1)C1CCCN(C(=O)C2CC2)C1)NC1CCCC1. The molecular weight excluding hydrogens is 368 g/mol. The molecule has 0 aromatic carbocycles. The van der Waals surface area contributed by atoms with E-state index in [0.717, 1.165) is 84.2 Å². The number of urea groups is 1. The van der Waals surface area contributed by atoms with Gasteiger partial charge >= 0.3 is 6.03 Å². The molecule has 2 saturated heterocycles. The predicted molar refractivity (Wildman–Crippen MR) is 112 cm³/mol. The molecule has 3 amide bonds. The van der Waals surface area contributed by atoms with Crippen molar-refractivity contribution < 1.29 is 14.3 Å². The molecule has 0 spiro atoms. The van der Waals surface area contributed by atoms with Gasteiger partial charge in [-0.1, -0.05) is 12.8 Å². The first-order valence-corrected chi connectivity index (χ1v) is 11.9. The third-order valence-corrected chi connectivity index (χ3v) is 7.11. The lowest BCUT2D eigenvalue weighted by Crippen LogP contribution is -2.56. The van der Waals surface area contributed by atoms with Gasteiger partial charge in [0.1, 0.15) is 0 Å². The highest BCUT2D eigenvalue weighted by molar-refractivity contribution is 5.81. The molecule has 2 aliphatic carbocycles. The molecule has 0 aromatic rings. The average molecular weight is 407 g/mol. The number of carbonyl (C=O) groups is 2. The summed E-state index contributed by atoms with van der Waals surface area (Å²) in [5.74, 6) is 0.668. The van der Waals surface area contributed by atoms with Crippen LogP contribution in [0, 0.1) is 5.92 Å². The van der Waals surface area contributed by atoms with E-state index in [1.807, 2.05) is 0 Å². The molecule has 2 saturated carbocycles. The second-order valence-corrected chi connectivity index (χ2v) is 9.32. The van der Waals surface area contributed by atoms with Gasteiger partial charge in [-0.15, -0.1) is 0 Å². The molecule has 2 aliphatic heterocycles. The summed E-state index contributed by atoms with van der Waals surface area (Å²) in [6.45, 7) is 4.89. The summed E-state index contributed by atoms with van der Waals surface area (Å²) in [6.07, 6.45) is 11.1. The van der Waals surface area contributed by atoms with Crippen molar-refractivity contribution >= 4 is 11.9 Å². The van der Waals surface area contributed by atoms with Gasteiger partial charge in [0.15, 0.2) is 0 Å². The van der Waals surface area contributed by atoms with Crippen LogP contribution < -0.4 is 10.6 Å². The maximum atomic E-state index is 12.6. The van der Waals surface area contributed by atoms with E-state index in [9.17, 15) is 9.59 Å². The van der Waals surface area contributed by atoms with Crippen molar-refractivity contribution in [3.63, 3.8) is 0 Å². The van der Waals surface area contributed by atoms with Gasteiger partial charge in [0.25, 0.3) is 0 Å². The van der Waals surface area contributed by atoms with Gasteiger partial charge in [-0.3, -0.25) is 9.69 Å². The number of amides is 3. The monoisotopic (exact) mass is 406 g/mol. The highest BCUT2D eigenvalue weighted by Gasteiger charge is 2.37. The molecule has 4 fully saturated rings. The van der Waals surface area contributed by atoms with Gasteiger partial charge in [-0.05, 0) is 51.4 Å². The lowest BCUT2D eigenvalue weighted by Gasteiger charge is -2.44. The van der Waals surface area contributed by atoms with E-state index in [1.165, 1.54) is 12.8 Å². The molecule has 0 aromatic heterocycles. The molecule has 7 heteroatoms. The van der Waals surface area contributed by atoms with Crippen LogP contribution in [0.25, 0.3) is 0 Å². The number of nitrogens with one attached hydrogen (secondary N) is 2. The fourth-order valence-electron chi connectivity index (χ4n) is 5.30. The van der Waals surface area contributed by atoms with Gasteiger partial charge in [0, 0.05) is 63.4 Å². The Morgan fingerprint density at radius 1 is 0.931 bits per heavy atom. The Labute approximate surface area is 174 Å². The van der Waals surface area contributed by atoms with Crippen LogP contribution in [0.3, 0.4) is 0 Å². The Hall–Kier alpha value is -1.34. The summed E-state index contributed by atoms with van der Waals surface area (Å²) in [7, 11) is 0. The summed E-state index contributed by atoms with van der Waals surface area (Å²) >= 11 is 0. The first-order chi connectivity index (χ1) is 14.2. The number of hydrogen-bond acceptors (Lipinski definition) is 4. The fraction of sp³-hybridized carbons (Fsp3) is 0.909. The summed E-state index contributed by atoms with van der Waals surface area (Å²) in [5, 5.41) is 6.19. The molecule has 4 rings (SSSR count). The zero-order valence-electron chi connectivity index (χ0n) is 17.7. The highest BCUT2D eigenvalue weighted by atomic mass is 16.5. The second-order valence-electron chi connectivity index (χ2n) is 9.32. The normalized spacial score (nSPS) is 26.7. The van der Waals surface area contributed by atoms with Crippen LogP contribution in [0.5, 0.6) is 0 Å². The zero-order valence-corrected chi connectivity index (χ0v) is 17.7. The molecule has 0 bridgehead atoms. The largest absolute Gasteiger partial charge is 0.381 e. The third-order valence-electron chi connectivity index (χ3n) is 7.11. The standard InChI is InChI=1S/C22H38N4O3/c27-21(17-7-8-17)25-12-3-6-20(16-25)26(19-9-14-29-15-10-19)13-11-23-22(28)24-18-4-1-2-5-18/h17-20H,1-16H2,(H2,23,24,28). The summed E-state index contributed by atoms with van der Waals surface area (Å²) in [6, 6.07) is 1.21. The van der Waals surface area contributed by atoms with E-state index in [4.69, 9.17) is 4.74 Å². The van der Waals surface area contributed by atoms with Crippen molar-refractivity contribution in [1.29, 1.82) is 0 Å². The zero-order chi connectivity index (χ0) is 20.1. The van der Waals surface area contributed by atoms with Crippen LogP contribution in [0.1, 0.15) is 64.2 Å². The Balaban J connectivity index is 1.30. The molecule has 2 heterocycles. The molecule has 29 heavy (non-hydrogen) atoms. The number of hydrogen-bond donors (Lipinski definition) is 2. The first kappa shape index (κ1) is 20.9. The number of piperidine rings is 1. The van der Waals surface area contributed by atoms with Gasteiger partial charge in [-0.25, -0.2) is 4.79 Å². The maximum absolute atomic E-state index is 12.6. The highest BCUT2D eigenvalue weighted by Crippen LogP contribution is 2.32. The van der Waals surface area contributed by atoms with Crippen LogP contribution in [0.4, 0.5) is 4.79 Å².